The molecule has 2 heterocycles. The van der Waals surface area contributed by atoms with Gasteiger partial charge in [0, 0.05) is 18.5 Å². The largest absolute Gasteiger partial charge is 0.494 e. The van der Waals surface area contributed by atoms with E-state index < -0.39 is 15.9 Å². The molecule has 152 valence electrons. The predicted octanol–water partition coefficient (Wildman–Crippen LogP) is 1.89. The summed E-state index contributed by atoms with van der Waals surface area (Å²) in [6.45, 7) is 4.53. The minimum Gasteiger partial charge on any atom is -0.494 e. The molecule has 0 radical (unpaired) electrons. The summed E-state index contributed by atoms with van der Waals surface area (Å²) in [6.07, 6.45) is 1.64. The smallest absolute Gasteiger partial charge is 0.271 e. The standard InChI is InChI=1S/C19H25N3O5S/c1-3-9-27-15-4-5-16(13(2)11-15)20-19(24)17-6-7-18(23)22(21-17)14-8-10-28(25,26)12-14/h4-5,11,14H,3,6-10,12H2,1-2H3,(H,20,24)/t14-/m0/s1. The Morgan fingerprint density at radius 3 is 2.79 bits per heavy atom. The molecule has 1 aromatic carbocycles. The van der Waals surface area contributed by atoms with E-state index in [0.717, 1.165) is 17.7 Å². The molecule has 8 nitrogen and oxygen atoms in total. The minimum absolute atomic E-state index is 0.0458. The molecule has 0 aromatic heterocycles. The fourth-order valence-electron chi connectivity index (χ4n) is 3.27. The molecule has 0 spiro atoms. The molecule has 28 heavy (non-hydrogen) atoms. The molecule has 9 heteroatoms. The van der Waals surface area contributed by atoms with Gasteiger partial charge in [0.15, 0.2) is 9.84 Å². The second-order valence-corrected chi connectivity index (χ2v) is 9.35. The second kappa shape index (κ2) is 8.30. The van der Waals surface area contributed by atoms with Crippen molar-refractivity contribution in [2.75, 3.05) is 23.4 Å². The van der Waals surface area contributed by atoms with E-state index in [9.17, 15) is 18.0 Å². The Kier molecular flexibility index (Phi) is 6.02. The number of aryl methyl sites for hydroxylation is 1. The van der Waals surface area contributed by atoms with Gasteiger partial charge in [0.1, 0.15) is 11.5 Å². The van der Waals surface area contributed by atoms with Crippen molar-refractivity contribution in [3.8, 4) is 5.75 Å². The van der Waals surface area contributed by atoms with Crippen molar-refractivity contribution in [1.29, 1.82) is 0 Å². The molecule has 1 N–H and O–H groups in total. The summed E-state index contributed by atoms with van der Waals surface area (Å²) in [7, 11) is -3.15. The molecule has 2 aliphatic rings. The highest BCUT2D eigenvalue weighted by molar-refractivity contribution is 7.91. The van der Waals surface area contributed by atoms with Gasteiger partial charge in [-0.15, -0.1) is 0 Å². The third-order valence-corrected chi connectivity index (χ3v) is 6.55. The number of hydrazone groups is 1. The summed E-state index contributed by atoms with van der Waals surface area (Å²) in [4.78, 5) is 24.8. The SMILES string of the molecule is CCCOc1ccc(NC(=O)C2=NN([C@H]3CCS(=O)(=O)C3)C(=O)CC2)c(C)c1. The summed E-state index contributed by atoms with van der Waals surface area (Å²) in [6, 6.07) is 4.93. The number of amides is 2. The van der Waals surface area contributed by atoms with Gasteiger partial charge in [-0.05, 0) is 43.5 Å². The fourth-order valence-corrected chi connectivity index (χ4v) is 4.96. The summed E-state index contributed by atoms with van der Waals surface area (Å²) in [5.41, 5.74) is 1.73. The molecular formula is C19H25N3O5S. The van der Waals surface area contributed by atoms with Crippen molar-refractivity contribution >= 4 is 33.1 Å². The second-order valence-electron chi connectivity index (χ2n) is 7.12. The topological polar surface area (TPSA) is 105 Å². The van der Waals surface area contributed by atoms with Gasteiger partial charge in [-0.25, -0.2) is 13.4 Å². The van der Waals surface area contributed by atoms with Gasteiger partial charge >= 0.3 is 0 Å². The Hall–Kier alpha value is -2.42. The molecule has 1 saturated heterocycles. The lowest BCUT2D eigenvalue weighted by Gasteiger charge is -2.27. The number of nitrogens with zero attached hydrogens (tertiary/aromatic N) is 2. The number of hydrogen-bond acceptors (Lipinski definition) is 6. The number of carbonyl (C=O) groups excluding carboxylic acids is 2. The lowest BCUT2D eigenvalue weighted by Crippen LogP contribution is -2.42. The van der Waals surface area contributed by atoms with Gasteiger partial charge in [0.25, 0.3) is 5.91 Å². The highest BCUT2D eigenvalue weighted by Crippen LogP contribution is 2.24. The van der Waals surface area contributed by atoms with E-state index in [4.69, 9.17) is 4.74 Å². The average molecular weight is 407 g/mol. The van der Waals surface area contributed by atoms with Crippen molar-refractivity contribution in [2.24, 2.45) is 5.10 Å². The van der Waals surface area contributed by atoms with Crippen LogP contribution in [-0.4, -0.2) is 55.1 Å². The zero-order valence-electron chi connectivity index (χ0n) is 16.1. The van der Waals surface area contributed by atoms with E-state index in [0.29, 0.717) is 18.7 Å². The van der Waals surface area contributed by atoms with E-state index in [2.05, 4.69) is 10.4 Å². The van der Waals surface area contributed by atoms with Crippen LogP contribution < -0.4 is 10.1 Å². The first-order valence-corrected chi connectivity index (χ1v) is 11.3. The predicted molar refractivity (Wildman–Crippen MR) is 106 cm³/mol. The molecule has 0 unspecified atom stereocenters. The van der Waals surface area contributed by atoms with Gasteiger partial charge in [-0.2, -0.15) is 5.10 Å². The van der Waals surface area contributed by atoms with Crippen LogP contribution in [0.3, 0.4) is 0 Å². The van der Waals surface area contributed by atoms with Crippen LogP contribution in [0.2, 0.25) is 0 Å². The molecule has 2 amide bonds. The molecular weight excluding hydrogens is 382 g/mol. The molecule has 0 bridgehead atoms. The average Bonchev–Trinajstić information content (AvgIpc) is 3.02. The Balaban J connectivity index is 1.71. The van der Waals surface area contributed by atoms with E-state index in [1.807, 2.05) is 19.9 Å². The normalized spacial score (nSPS) is 21.4. The summed E-state index contributed by atoms with van der Waals surface area (Å²) >= 11 is 0. The third-order valence-electron chi connectivity index (χ3n) is 4.79. The summed E-state index contributed by atoms with van der Waals surface area (Å²) in [5, 5.41) is 8.21. The first kappa shape index (κ1) is 20.3. The molecule has 1 fully saturated rings. The van der Waals surface area contributed by atoms with Crippen LogP contribution in [0.15, 0.2) is 23.3 Å². The van der Waals surface area contributed by atoms with Gasteiger partial charge in [-0.1, -0.05) is 6.92 Å². The number of hydrogen-bond donors (Lipinski definition) is 1. The van der Waals surface area contributed by atoms with Gasteiger partial charge in [0.05, 0.1) is 24.2 Å². The van der Waals surface area contributed by atoms with Crippen LogP contribution in [0, 0.1) is 6.92 Å². The van der Waals surface area contributed by atoms with E-state index in [-0.39, 0.29) is 41.9 Å². The summed E-state index contributed by atoms with van der Waals surface area (Å²) < 4.78 is 29.0. The van der Waals surface area contributed by atoms with Crippen molar-refractivity contribution in [1.82, 2.24) is 5.01 Å². The number of rotatable bonds is 6. The van der Waals surface area contributed by atoms with E-state index in [1.54, 1.807) is 12.1 Å². The van der Waals surface area contributed by atoms with Gasteiger partial charge in [0.2, 0.25) is 5.91 Å². The number of benzene rings is 1. The lowest BCUT2D eigenvalue weighted by atomic mass is 10.1. The van der Waals surface area contributed by atoms with Crippen molar-refractivity contribution in [3.05, 3.63) is 23.8 Å². The zero-order chi connectivity index (χ0) is 20.3. The lowest BCUT2D eigenvalue weighted by molar-refractivity contribution is -0.133. The number of nitrogens with one attached hydrogen (secondary N) is 1. The number of ether oxygens (including phenoxy) is 1. The first-order chi connectivity index (χ1) is 13.3. The van der Waals surface area contributed by atoms with Crippen LogP contribution in [0.5, 0.6) is 5.75 Å². The van der Waals surface area contributed by atoms with E-state index in [1.165, 1.54) is 5.01 Å². The van der Waals surface area contributed by atoms with Crippen LogP contribution >= 0.6 is 0 Å². The Morgan fingerprint density at radius 2 is 2.14 bits per heavy atom. The number of anilines is 1. The highest BCUT2D eigenvalue weighted by Gasteiger charge is 2.37. The molecule has 0 saturated carbocycles. The van der Waals surface area contributed by atoms with Crippen LogP contribution in [0.25, 0.3) is 0 Å². The maximum absolute atomic E-state index is 12.6. The number of carbonyl (C=O) groups is 2. The zero-order valence-corrected chi connectivity index (χ0v) is 16.9. The molecule has 3 rings (SSSR count). The molecule has 1 atom stereocenters. The van der Waals surface area contributed by atoms with Crippen LogP contribution in [0.1, 0.15) is 38.2 Å². The minimum atomic E-state index is -3.15. The van der Waals surface area contributed by atoms with E-state index >= 15 is 0 Å². The molecule has 2 aliphatic heterocycles. The van der Waals surface area contributed by atoms with Crippen molar-refractivity contribution in [2.45, 2.75) is 45.6 Å². The third kappa shape index (κ3) is 4.70. The summed E-state index contributed by atoms with van der Waals surface area (Å²) in [5.74, 6) is 0.0575. The first-order valence-electron chi connectivity index (χ1n) is 9.44. The quantitative estimate of drug-likeness (QED) is 0.775. The Labute approximate surface area is 164 Å². The molecule has 1 aromatic rings. The fraction of sp³-hybridized carbons (Fsp3) is 0.526. The monoisotopic (exact) mass is 407 g/mol. The number of sulfone groups is 1. The molecule has 0 aliphatic carbocycles. The van der Waals surface area contributed by atoms with Gasteiger partial charge < -0.3 is 10.1 Å². The Bertz CT molecular complexity index is 910. The van der Waals surface area contributed by atoms with Crippen LogP contribution in [-0.2, 0) is 19.4 Å². The maximum atomic E-state index is 12.6. The Morgan fingerprint density at radius 1 is 1.36 bits per heavy atom. The van der Waals surface area contributed by atoms with Crippen molar-refractivity contribution < 1.29 is 22.7 Å². The highest BCUT2D eigenvalue weighted by atomic mass is 32.2. The van der Waals surface area contributed by atoms with Crippen LogP contribution in [0.4, 0.5) is 5.69 Å². The van der Waals surface area contributed by atoms with Crippen molar-refractivity contribution in [3.63, 3.8) is 0 Å². The maximum Gasteiger partial charge on any atom is 0.271 e. The van der Waals surface area contributed by atoms with Gasteiger partial charge in [-0.3, -0.25) is 9.59 Å².